The Bertz CT molecular complexity index is 1080. The molecule has 40 heavy (non-hydrogen) atoms. The van der Waals surface area contributed by atoms with Gasteiger partial charge in [-0.1, -0.05) is 45.0 Å². The second-order valence-electron chi connectivity index (χ2n) is 12.5. The number of nitrogens with zero attached hydrogens (tertiary/aromatic N) is 2. The largest absolute Gasteiger partial charge is 0.334 e. The molecule has 0 aliphatic carbocycles. The number of hydrogen-bond acceptors (Lipinski definition) is 7. The summed E-state index contributed by atoms with van der Waals surface area (Å²) < 4.78 is 0. The summed E-state index contributed by atoms with van der Waals surface area (Å²) in [7, 11) is 0. The van der Waals surface area contributed by atoms with Crippen LogP contribution in [0.25, 0.3) is 11.1 Å². The molecule has 10 nitrogen and oxygen atoms in total. The van der Waals surface area contributed by atoms with Crippen molar-refractivity contribution in [2.45, 2.75) is 84.3 Å². The third kappa shape index (κ3) is 12.2. The molecule has 10 heteroatoms. The van der Waals surface area contributed by atoms with Crippen LogP contribution in [0.4, 0.5) is 4.79 Å². The Balaban J connectivity index is 0.000000294. The molecule has 1 saturated heterocycles. The average Bonchev–Trinajstić information content (AvgIpc) is 2.86. The summed E-state index contributed by atoms with van der Waals surface area (Å²) in [6.07, 6.45) is 4.81. The van der Waals surface area contributed by atoms with Crippen molar-refractivity contribution in [2.75, 3.05) is 39.3 Å². The molecule has 0 spiro atoms. The summed E-state index contributed by atoms with van der Waals surface area (Å²) in [4.78, 5) is 33.6. The van der Waals surface area contributed by atoms with Crippen molar-refractivity contribution >= 4 is 6.03 Å². The van der Waals surface area contributed by atoms with Gasteiger partial charge in [0, 0.05) is 49.4 Å². The number of nitrogens with two attached hydrogens (primary N) is 2. The number of carbonyl (C=O) groups is 1. The molecule has 2 heterocycles. The van der Waals surface area contributed by atoms with Crippen LogP contribution in [-0.2, 0) is 12.0 Å². The average molecular weight is 557 g/mol. The smallest absolute Gasteiger partial charge is 0.315 e. The van der Waals surface area contributed by atoms with Gasteiger partial charge in [0.2, 0.25) is 0 Å². The number of urea groups is 1. The summed E-state index contributed by atoms with van der Waals surface area (Å²) in [5.74, 6) is 0.701. The number of aromatic amines is 1. The highest BCUT2D eigenvalue weighted by Gasteiger charge is 2.22. The van der Waals surface area contributed by atoms with Gasteiger partial charge in [-0.3, -0.25) is 4.79 Å². The molecule has 224 valence electrons. The van der Waals surface area contributed by atoms with E-state index < -0.39 is 0 Å². The summed E-state index contributed by atoms with van der Waals surface area (Å²) in [6.45, 7) is 18.0. The lowest BCUT2D eigenvalue weighted by Crippen LogP contribution is -2.54. The van der Waals surface area contributed by atoms with Crippen LogP contribution in [0, 0.1) is 0 Å². The molecule has 2 amide bonds. The Hall–Kier alpha value is -2.79. The van der Waals surface area contributed by atoms with E-state index in [1.807, 2.05) is 65.8 Å². The topological polar surface area (TPSA) is 154 Å². The maximum absolute atomic E-state index is 12.3. The number of aromatic nitrogens is 2. The lowest BCUT2D eigenvalue weighted by atomic mass is 9.95. The minimum atomic E-state index is -0.185. The van der Waals surface area contributed by atoms with Gasteiger partial charge in [0.15, 0.2) is 0 Å². The van der Waals surface area contributed by atoms with E-state index in [1.54, 1.807) is 6.20 Å². The second kappa shape index (κ2) is 15.9. The number of rotatable bonds is 9. The Morgan fingerprint density at radius 1 is 1.10 bits per heavy atom. The van der Waals surface area contributed by atoms with E-state index in [1.165, 1.54) is 5.56 Å². The highest BCUT2D eigenvalue weighted by molar-refractivity contribution is 5.75. The first kappa shape index (κ1) is 33.4. The summed E-state index contributed by atoms with van der Waals surface area (Å²) in [5, 5.41) is 9.29. The second-order valence-corrected chi connectivity index (χ2v) is 12.5. The predicted molar refractivity (Wildman–Crippen MR) is 164 cm³/mol. The highest BCUT2D eigenvalue weighted by Crippen LogP contribution is 2.19. The first-order chi connectivity index (χ1) is 18.8. The zero-order chi connectivity index (χ0) is 29.8. The van der Waals surface area contributed by atoms with Gasteiger partial charge in [0.25, 0.3) is 5.56 Å². The summed E-state index contributed by atoms with van der Waals surface area (Å²) >= 11 is 0. The van der Waals surface area contributed by atoms with Gasteiger partial charge in [-0.2, -0.15) is 0 Å². The Morgan fingerprint density at radius 2 is 1.80 bits per heavy atom. The fraction of sp³-hybridized carbons (Fsp3) is 0.633. The molecule has 1 aliphatic rings. The number of amides is 2. The van der Waals surface area contributed by atoms with Gasteiger partial charge in [0.1, 0.15) is 5.82 Å². The van der Waals surface area contributed by atoms with E-state index in [9.17, 15) is 9.59 Å². The third-order valence-electron chi connectivity index (χ3n) is 6.44. The monoisotopic (exact) mass is 556 g/mol. The molecule has 2 aromatic rings. The minimum Gasteiger partial charge on any atom is -0.334 e. The minimum absolute atomic E-state index is 0.0721. The maximum atomic E-state index is 12.3. The molecule has 1 atom stereocenters. The third-order valence-corrected chi connectivity index (χ3v) is 6.44. The molecular formula is C30H52N8O2. The number of hydrogen-bond donors (Lipinski definition) is 6. The fourth-order valence-electron chi connectivity index (χ4n) is 4.36. The van der Waals surface area contributed by atoms with Gasteiger partial charge in [-0.25, -0.2) is 9.78 Å². The van der Waals surface area contributed by atoms with E-state index in [0.29, 0.717) is 24.5 Å². The molecule has 1 aromatic carbocycles. The Labute approximate surface area is 240 Å². The SMILES string of the molecule is CC(C)(C)NC(=O)N[C@@H]1CCCN(CCN)C1.CC(C)(C)c1ncc(-c2ccc(CNCCCN)cc2)c(=O)[nH]1. The zero-order valence-electron chi connectivity index (χ0n) is 25.4. The number of nitrogens with one attached hydrogen (secondary N) is 4. The lowest BCUT2D eigenvalue weighted by Gasteiger charge is -2.33. The van der Waals surface area contributed by atoms with Gasteiger partial charge in [-0.15, -0.1) is 0 Å². The first-order valence-corrected chi connectivity index (χ1v) is 14.4. The number of likely N-dealkylation sites (tertiary alicyclic amines) is 1. The quantitative estimate of drug-likeness (QED) is 0.260. The van der Waals surface area contributed by atoms with Crippen LogP contribution in [-0.4, -0.2) is 71.7 Å². The molecule has 1 fully saturated rings. The number of carbonyl (C=O) groups excluding carboxylic acids is 1. The highest BCUT2D eigenvalue weighted by atomic mass is 16.2. The molecule has 3 rings (SSSR count). The Morgan fingerprint density at radius 3 is 2.38 bits per heavy atom. The van der Waals surface area contributed by atoms with Gasteiger partial charge >= 0.3 is 6.03 Å². The van der Waals surface area contributed by atoms with Crippen LogP contribution in [0.2, 0.25) is 0 Å². The van der Waals surface area contributed by atoms with E-state index in [-0.39, 0.29) is 28.6 Å². The number of piperidine rings is 1. The maximum Gasteiger partial charge on any atom is 0.315 e. The van der Waals surface area contributed by atoms with Crippen molar-refractivity contribution in [3.05, 3.63) is 52.2 Å². The van der Waals surface area contributed by atoms with Crippen LogP contribution < -0.4 is 33.0 Å². The van der Waals surface area contributed by atoms with Crippen molar-refractivity contribution in [1.29, 1.82) is 0 Å². The molecule has 1 aromatic heterocycles. The van der Waals surface area contributed by atoms with Crippen LogP contribution >= 0.6 is 0 Å². The van der Waals surface area contributed by atoms with Crippen LogP contribution in [0.1, 0.15) is 72.2 Å². The van der Waals surface area contributed by atoms with Gasteiger partial charge in [-0.05, 0) is 70.8 Å². The van der Waals surface area contributed by atoms with Crippen molar-refractivity contribution in [2.24, 2.45) is 11.5 Å². The summed E-state index contributed by atoms with van der Waals surface area (Å²) in [5.41, 5.74) is 13.2. The molecular weight excluding hydrogens is 504 g/mol. The first-order valence-electron chi connectivity index (χ1n) is 14.4. The van der Waals surface area contributed by atoms with Gasteiger partial charge in [0.05, 0.1) is 5.56 Å². The molecule has 1 aliphatic heterocycles. The predicted octanol–water partition coefficient (Wildman–Crippen LogP) is 2.68. The van der Waals surface area contributed by atoms with Crippen LogP contribution in [0.5, 0.6) is 0 Å². The summed E-state index contributed by atoms with van der Waals surface area (Å²) in [6, 6.07) is 8.16. The van der Waals surface area contributed by atoms with Crippen LogP contribution in [0.3, 0.4) is 0 Å². The van der Waals surface area contributed by atoms with Gasteiger partial charge < -0.3 is 37.3 Å². The Kier molecular flexibility index (Phi) is 13.2. The van der Waals surface area contributed by atoms with E-state index in [2.05, 4.69) is 30.8 Å². The van der Waals surface area contributed by atoms with Crippen molar-refractivity contribution in [1.82, 2.24) is 30.8 Å². The molecule has 8 N–H and O–H groups in total. The number of H-pyrrole nitrogens is 1. The molecule has 0 bridgehead atoms. The van der Waals surface area contributed by atoms with Crippen LogP contribution in [0.15, 0.2) is 35.3 Å². The fourth-order valence-corrected chi connectivity index (χ4v) is 4.36. The van der Waals surface area contributed by atoms with E-state index >= 15 is 0 Å². The standard InChI is InChI=1S/C18H26N4O.C12H26N4O/c1-18(2,3)17-21-12-15(16(23)22-17)14-7-5-13(6-8-14)11-20-10-4-9-19;1-12(2,3)15-11(17)14-10-5-4-7-16(9-10)8-6-13/h5-8,12,20H,4,9-11,19H2,1-3H3,(H,21,22,23);10H,4-9,13H2,1-3H3,(H2,14,15,17)/t;10-/m.1/s1. The normalized spacial score (nSPS) is 16.1. The van der Waals surface area contributed by atoms with E-state index in [4.69, 9.17) is 11.5 Å². The molecule has 0 saturated carbocycles. The van der Waals surface area contributed by atoms with Crippen molar-refractivity contribution < 1.29 is 4.79 Å². The zero-order valence-corrected chi connectivity index (χ0v) is 25.4. The molecule has 0 unspecified atom stereocenters. The van der Waals surface area contributed by atoms with Crippen molar-refractivity contribution in [3.63, 3.8) is 0 Å². The molecule has 0 radical (unpaired) electrons. The van der Waals surface area contributed by atoms with Crippen molar-refractivity contribution in [3.8, 4) is 11.1 Å². The number of benzene rings is 1. The van der Waals surface area contributed by atoms with E-state index in [0.717, 1.165) is 57.5 Å². The lowest BCUT2D eigenvalue weighted by molar-refractivity contribution is 0.186.